The highest BCUT2D eigenvalue weighted by atomic mass is 16.4. The van der Waals surface area contributed by atoms with E-state index in [0.717, 1.165) is 44.9 Å². The third-order valence-electron chi connectivity index (χ3n) is 3.91. The second-order valence-corrected chi connectivity index (χ2v) is 6.36. The van der Waals surface area contributed by atoms with Gasteiger partial charge in [-0.05, 0) is 51.4 Å². The van der Waals surface area contributed by atoms with Crippen molar-refractivity contribution < 1.29 is 20.1 Å². The first-order chi connectivity index (χ1) is 12.6. The summed E-state index contributed by atoms with van der Waals surface area (Å²) in [5.74, 6) is -0.713. The van der Waals surface area contributed by atoms with Crippen molar-refractivity contribution in [2.45, 2.75) is 83.3 Å². The molecule has 0 radical (unpaired) electrons. The number of carboxylic acids is 1. The molecule has 0 aliphatic heterocycles. The molecular formula is C22H36O4. The smallest absolute Gasteiger partial charge is 0.303 e. The van der Waals surface area contributed by atoms with Gasteiger partial charge in [-0.25, -0.2) is 0 Å². The topological polar surface area (TPSA) is 77.8 Å². The lowest BCUT2D eigenvalue weighted by molar-refractivity contribution is -0.137. The molecule has 2 unspecified atom stereocenters. The number of allylic oxidation sites excluding steroid dienone is 6. The van der Waals surface area contributed by atoms with Crippen LogP contribution in [0.2, 0.25) is 0 Å². The predicted molar refractivity (Wildman–Crippen MR) is 108 cm³/mol. The van der Waals surface area contributed by atoms with E-state index < -0.39 is 18.2 Å². The molecule has 0 aliphatic carbocycles. The number of aliphatic carboxylic acids is 1. The van der Waals surface area contributed by atoms with Crippen molar-refractivity contribution in [3.8, 4) is 0 Å². The zero-order valence-corrected chi connectivity index (χ0v) is 16.1. The summed E-state index contributed by atoms with van der Waals surface area (Å²) in [6, 6.07) is 0. The number of hydrogen-bond donors (Lipinski definition) is 3. The van der Waals surface area contributed by atoms with E-state index in [-0.39, 0.29) is 6.42 Å². The number of carbonyl (C=O) groups is 1. The molecule has 148 valence electrons. The van der Waals surface area contributed by atoms with Gasteiger partial charge in [0.15, 0.2) is 0 Å². The quantitative estimate of drug-likeness (QED) is 0.268. The molecule has 0 fully saturated rings. The van der Waals surface area contributed by atoms with Gasteiger partial charge in [-0.1, -0.05) is 62.0 Å². The number of hydrogen-bond acceptors (Lipinski definition) is 3. The van der Waals surface area contributed by atoms with Crippen molar-refractivity contribution >= 4 is 5.97 Å². The van der Waals surface area contributed by atoms with Gasteiger partial charge in [0.05, 0.1) is 12.2 Å². The minimum atomic E-state index is -0.713. The summed E-state index contributed by atoms with van der Waals surface area (Å²) < 4.78 is 0. The van der Waals surface area contributed by atoms with Gasteiger partial charge in [0.1, 0.15) is 0 Å². The van der Waals surface area contributed by atoms with Crippen LogP contribution in [-0.4, -0.2) is 33.5 Å². The highest BCUT2D eigenvalue weighted by molar-refractivity contribution is 5.66. The molecule has 0 saturated carbocycles. The normalized spacial score (nSPS) is 14.9. The Morgan fingerprint density at radius 1 is 0.769 bits per heavy atom. The molecule has 0 amide bonds. The van der Waals surface area contributed by atoms with E-state index in [2.05, 4.69) is 24.3 Å². The summed E-state index contributed by atoms with van der Waals surface area (Å²) in [5, 5.41) is 28.1. The largest absolute Gasteiger partial charge is 0.481 e. The number of carboxylic acid groups (broad SMARTS) is 1. The zero-order chi connectivity index (χ0) is 19.5. The first-order valence-corrected chi connectivity index (χ1v) is 9.75. The fourth-order valence-electron chi connectivity index (χ4n) is 2.33. The monoisotopic (exact) mass is 364 g/mol. The number of aliphatic hydroxyl groups is 2. The SMILES string of the molecule is CC/C=C\CC(O)C(O)C/C=C\C/C=C\C/C=C\CCCCCC(=O)O. The van der Waals surface area contributed by atoms with E-state index in [1.54, 1.807) is 0 Å². The molecule has 4 nitrogen and oxygen atoms in total. The maximum atomic E-state index is 10.4. The van der Waals surface area contributed by atoms with Gasteiger partial charge in [-0.15, -0.1) is 0 Å². The maximum Gasteiger partial charge on any atom is 0.303 e. The molecule has 0 rings (SSSR count). The van der Waals surface area contributed by atoms with Crippen LogP contribution in [0.1, 0.15) is 71.1 Å². The Bertz CT molecular complexity index is 449. The first-order valence-electron chi connectivity index (χ1n) is 9.75. The Labute approximate surface area is 158 Å². The average molecular weight is 365 g/mol. The van der Waals surface area contributed by atoms with E-state index in [0.29, 0.717) is 12.8 Å². The molecule has 0 saturated heterocycles. The van der Waals surface area contributed by atoms with Crippen molar-refractivity contribution in [1.29, 1.82) is 0 Å². The minimum Gasteiger partial charge on any atom is -0.481 e. The van der Waals surface area contributed by atoms with Gasteiger partial charge >= 0.3 is 5.97 Å². The Morgan fingerprint density at radius 3 is 1.88 bits per heavy atom. The van der Waals surface area contributed by atoms with Crippen LogP contribution in [0, 0.1) is 0 Å². The van der Waals surface area contributed by atoms with Crippen molar-refractivity contribution in [2.75, 3.05) is 0 Å². The molecule has 0 bridgehead atoms. The summed E-state index contributed by atoms with van der Waals surface area (Å²) in [6.45, 7) is 2.04. The molecule has 0 aromatic rings. The molecule has 0 heterocycles. The van der Waals surface area contributed by atoms with Gasteiger partial charge in [0.25, 0.3) is 0 Å². The lowest BCUT2D eigenvalue weighted by atomic mass is 10.1. The van der Waals surface area contributed by atoms with E-state index in [1.165, 1.54) is 0 Å². The van der Waals surface area contributed by atoms with Gasteiger partial charge in [0.2, 0.25) is 0 Å². The van der Waals surface area contributed by atoms with E-state index in [1.807, 2.05) is 31.2 Å². The van der Waals surface area contributed by atoms with Crippen LogP contribution >= 0.6 is 0 Å². The Balaban J connectivity index is 3.61. The van der Waals surface area contributed by atoms with E-state index >= 15 is 0 Å². The third kappa shape index (κ3) is 17.2. The number of unbranched alkanes of at least 4 members (excludes halogenated alkanes) is 3. The van der Waals surface area contributed by atoms with E-state index in [4.69, 9.17) is 5.11 Å². The van der Waals surface area contributed by atoms with E-state index in [9.17, 15) is 15.0 Å². The van der Waals surface area contributed by atoms with Crippen molar-refractivity contribution in [3.05, 3.63) is 48.6 Å². The van der Waals surface area contributed by atoms with Crippen LogP contribution in [0.25, 0.3) is 0 Å². The molecule has 26 heavy (non-hydrogen) atoms. The zero-order valence-electron chi connectivity index (χ0n) is 16.1. The van der Waals surface area contributed by atoms with Crippen molar-refractivity contribution in [2.24, 2.45) is 0 Å². The molecule has 2 atom stereocenters. The standard InChI is InChI=1S/C22H36O4/c1-2-3-14-17-20(23)21(24)18-15-12-10-8-6-4-5-7-9-11-13-16-19-22(25)26/h3,5-8,12,14-15,20-21,23-24H,2,4,9-11,13,16-19H2,1H3,(H,25,26)/b7-5-,8-6-,14-3-,15-12-. The van der Waals surface area contributed by atoms with Gasteiger partial charge in [-0.2, -0.15) is 0 Å². The Kier molecular flexibility index (Phi) is 17.0. The Morgan fingerprint density at radius 2 is 1.31 bits per heavy atom. The highest BCUT2D eigenvalue weighted by Gasteiger charge is 2.12. The van der Waals surface area contributed by atoms with Crippen molar-refractivity contribution in [3.63, 3.8) is 0 Å². The second kappa shape index (κ2) is 18.2. The number of aliphatic hydroxyl groups excluding tert-OH is 2. The Hall–Kier alpha value is -1.65. The number of rotatable bonds is 16. The van der Waals surface area contributed by atoms with Crippen LogP contribution in [0.5, 0.6) is 0 Å². The highest BCUT2D eigenvalue weighted by Crippen LogP contribution is 2.06. The first kappa shape index (κ1) is 24.4. The molecule has 0 aliphatic rings. The van der Waals surface area contributed by atoms with Crippen LogP contribution in [-0.2, 0) is 4.79 Å². The maximum absolute atomic E-state index is 10.4. The van der Waals surface area contributed by atoms with Crippen LogP contribution in [0.3, 0.4) is 0 Å². The molecule has 4 heteroatoms. The fourth-order valence-corrected chi connectivity index (χ4v) is 2.33. The summed E-state index contributed by atoms with van der Waals surface area (Å²) >= 11 is 0. The second-order valence-electron chi connectivity index (χ2n) is 6.36. The minimum absolute atomic E-state index is 0.270. The summed E-state index contributed by atoms with van der Waals surface area (Å²) in [6.07, 6.45) is 22.5. The fraction of sp³-hybridized carbons (Fsp3) is 0.591. The van der Waals surface area contributed by atoms with Crippen molar-refractivity contribution in [1.82, 2.24) is 0 Å². The summed E-state index contributed by atoms with van der Waals surface area (Å²) in [5.41, 5.74) is 0. The van der Waals surface area contributed by atoms with Gasteiger partial charge in [-0.3, -0.25) is 4.79 Å². The van der Waals surface area contributed by atoms with Crippen LogP contribution in [0.4, 0.5) is 0 Å². The summed E-state index contributed by atoms with van der Waals surface area (Å²) in [7, 11) is 0. The lowest BCUT2D eigenvalue weighted by Crippen LogP contribution is -2.24. The molecule has 0 aromatic heterocycles. The van der Waals surface area contributed by atoms with Crippen LogP contribution < -0.4 is 0 Å². The lowest BCUT2D eigenvalue weighted by Gasteiger charge is -2.14. The van der Waals surface area contributed by atoms with Gasteiger partial charge in [0, 0.05) is 6.42 Å². The molecule has 0 spiro atoms. The third-order valence-corrected chi connectivity index (χ3v) is 3.91. The molecular weight excluding hydrogens is 328 g/mol. The summed E-state index contributed by atoms with van der Waals surface area (Å²) in [4.78, 5) is 10.4. The van der Waals surface area contributed by atoms with Gasteiger partial charge < -0.3 is 15.3 Å². The predicted octanol–water partition coefficient (Wildman–Crippen LogP) is 4.94. The molecule has 0 aromatic carbocycles. The molecule has 3 N–H and O–H groups in total. The average Bonchev–Trinajstić information content (AvgIpc) is 2.61. The van der Waals surface area contributed by atoms with Crippen LogP contribution in [0.15, 0.2) is 48.6 Å².